The Balaban J connectivity index is 0.00000480. The molecule has 0 radical (unpaired) electrons. The first-order chi connectivity index (χ1) is 14.2. The number of halogens is 1. The highest BCUT2D eigenvalue weighted by atomic mass is 127. The number of guanidine groups is 1. The Morgan fingerprint density at radius 1 is 1.23 bits per heavy atom. The maximum atomic E-state index is 12.5. The molecule has 1 aromatic heterocycles. The second kappa shape index (κ2) is 13.5. The molecule has 0 atom stereocenters. The number of piperazine rings is 1. The molecule has 0 aliphatic carbocycles. The van der Waals surface area contributed by atoms with Crippen LogP contribution in [0.2, 0.25) is 0 Å². The maximum Gasteiger partial charge on any atom is 0.228 e. The Bertz CT molecular complexity index is 776. The molecule has 12 heteroatoms. The first-order valence-corrected chi connectivity index (χ1v) is 12.3. The molecule has 0 amide bonds. The van der Waals surface area contributed by atoms with Gasteiger partial charge >= 0.3 is 0 Å². The average molecular weight is 573 g/mol. The zero-order valence-electron chi connectivity index (χ0n) is 19.2. The second-order valence-corrected chi connectivity index (χ2v) is 9.90. The molecule has 2 rings (SSSR count). The maximum absolute atomic E-state index is 12.5. The van der Waals surface area contributed by atoms with E-state index < -0.39 is 10.0 Å². The van der Waals surface area contributed by atoms with Crippen LogP contribution in [0, 0.1) is 0 Å². The molecule has 1 aliphatic rings. The van der Waals surface area contributed by atoms with Gasteiger partial charge in [0.2, 0.25) is 15.9 Å². The first-order valence-electron chi connectivity index (χ1n) is 10.7. The number of hydrogen-bond donors (Lipinski definition) is 1. The monoisotopic (exact) mass is 572 g/mol. The van der Waals surface area contributed by atoms with Gasteiger partial charge in [-0.2, -0.15) is 9.29 Å². The molecular formula is C19H37IN6O4S. The second-order valence-electron chi connectivity index (χ2n) is 7.81. The topological polar surface area (TPSA) is 113 Å². The van der Waals surface area contributed by atoms with Gasteiger partial charge in [0.05, 0.1) is 25.0 Å². The Hall–Kier alpha value is -0.990. The largest absolute Gasteiger partial charge is 0.378 e. The first kappa shape index (κ1) is 28.0. The number of aromatic nitrogens is 2. The van der Waals surface area contributed by atoms with Crippen molar-refractivity contribution in [3.05, 3.63) is 11.7 Å². The summed E-state index contributed by atoms with van der Waals surface area (Å²) in [5.41, 5.74) is 0. The van der Waals surface area contributed by atoms with Gasteiger partial charge in [-0.1, -0.05) is 19.0 Å². The molecule has 0 unspecified atom stereocenters. The van der Waals surface area contributed by atoms with Gasteiger partial charge in [-0.15, -0.1) is 24.0 Å². The van der Waals surface area contributed by atoms with Crippen LogP contribution < -0.4 is 5.32 Å². The van der Waals surface area contributed by atoms with Crippen LogP contribution in [-0.4, -0.2) is 91.5 Å². The third-order valence-corrected chi connectivity index (χ3v) is 6.48. The fourth-order valence-electron chi connectivity index (χ4n) is 2.98. The number of rotatable bonds is 10. The van der Waals surface area contributed by atoms with Crippen LogP contribution in [0.4, 0.5) is 0 Å². The zero-order chi connectivity index (χ0) is 22.1. The predicted octanol–water partition coefficient (Wildman–Crippen LogP) is 1.69. The van der Waals surface area contributed by atoms with E-state index in [1.807, 2.05) is 34.6 Å². The molecule has 2 heterocycles. The van der Waals surface area contributed by atoms with Crippen molar-refractivity contribution in [3.8, 4) is 0 Å². The summed E-state index contributed by atoms with van der Waals surface area (Å²) in [5, 5.41) is 7.25. The van der Waals surface area contributed by atoms with E-state index in [0.29, 0.717) is 50.9 Å². The van der Waals surface area contributed by atoms with Crippen LogP contribution in [0.1, 0.15) is 52.3 Å². The van der Waals surface area contributed by atoms with Crippen molar-refractivity contribution in [2.75, 3.05) is 51.6 Å². The SMILES string of the molecule is CCNC(=NCCc1nc(C(C)C)no1)N1CCN(S(=O)(=O)CCOC(C)C)CC1.I. The Kier molecular flexibility index (Phi) is 12.2. The fourth-order valence-corrected chi connectivity index (χ4v) is 4.27. The van der Waals surface area contributed by atoms with Crippen LogP contribution >= 0.6 is 24.0 Å². The molecule has 1 aromatic rings. The van der Waals surface area contributed by atoms with E-state index in [2.05, 4.69) is 25.3 Å². The third-order valence-electron chi connectivity index (χ3n) is 4.65. The number of nitrogens with one attached hydrogen (secondary N) is 1. The van der Waals surface area contributed by atoms with Gasteiger partial charge in [-0.3, -0.25) is 4.99 Å². The van der Waals surface area contributed by atoms with Gasteiger partial charge in [-0.25, -0.2) is 8.42 Å². The van der Waals surface area contributed by atoms with Crippen LogP contribution in [0.5, 0.6) is 0 Å². The molecule has 0 aromatic carbocycles. The van der Waals surface area contributed by atoms with Gasteiger partial charge in [0.15, 0.2) is 11.8 Å². The lowest BCUT2D eigenvalue weighted by Gasteiger charge is -2.35. The van der Waals surface area contributed by atoms with Crippen molar-refractivity contribution in [2.45, 2.75) is 53.1 Å². The highest BCUT2D eigenvalue weighted by Gasteiger charge is 2.28. The van der Waals surface area contributed by atoms with Gasteiger partial charge in [0.25, 0.3) is 0 Å². The Morgan fingerprint density at radius 3 is 2.45 bits per heavy atom. The minimum absolute atomic E-state index is 0. The normalized spacial score (nSPS) is 16.1. The van der Waals surface area contributed by atoms with E-state index in [9.17, 15) is 8.42 Å². The molecule has 0 spiro atoms. The van der Waals surface area contributed by atoms with Crippen LogP contribution in [0.25, 0.3) is 0 Å². The van der Waals surface area contributed by atoms with Crippen molar-refractivity contribution in [1.82, 2.24) is 24.7 Å². The molecule has 1 N–H and O–H groups in total. The molecule has 31 heavy (non-hydrogen) atoms. The van der Waals surface area contributed by atoms with Crippen molar-refractivity contribution >= 4 is 40.0 Å². The predicted molar refractivity (Wildman–Crippen MR) is 132 cm³/mol. The summed E-state index contributed by atoms with van der Waals surface area (Å²) < 4.78 is 37.2. The van der Waals surface area contributed by atoms with E-state index in [0.717, 1.165) is 12.5 Å². The van der Waals surface area contributed by atoms with Gasteiger partial charge in [0, 0.05) is 45.1 Å². The van der Waals surface area contributed by atoms with Gasteiger partial charge in [-0.05, 0) is 20.8 Å². The summed E-state index contributed by atoms with van der Waals surface area (Å²) in [4.78, 5) is 11.1. The molecule has 1 aliphatic heterocycles. The Morgan fingerprint density at radius 2 is 1.90 bits per heavy atom. The highest BCUT2D eigenvalue weighted by Crippen LogP contribution is 2.11. The third kappa shape index (κ3) is 9.18. The number of ether oxygens (including phenoxy) is 1. The number of hydrogen-bond acceptors (Lipinski definition) is 7. The summed E-state index contributed by atoms with van der Waals surface area (Å²) in [6.07, 6.45) is 0.596. The minimum Gasteiger partial charge on any atom is -0.378 e. The summed E-state index contributed by atoms with van der Waals surface area (Å²) in [6.45, 7) is 13.4. The lowest BCUT2D eigenvalue weighted by molar-refractivity contribution is 0.0904. The van der Waals surface area contributed by atoms with Crippen molar-refractivity contribution < 1.29 is 17.7 Å². The Labute approximate surface area is 203 Å². The fraction of sp³-hybridized carbons (Fsp3) is 0.842. The number of sulfonamides is 1. The van der Waals surface area contributed by atoms with E-state index >= 15 is 0 Å². The lowest BCUT2D eigenvalue weighted by atomic mass is 10.2. The van der Waals surface area contributed by atoms with Crippen molar-refractivity contribution in [3.63, 3.8) is 0 Å². The molecule has 1 fully saturated rings. The van der Waals surface area contributed by atoms with Crippen molar-refractivity contribution in [1.29, 1.82) is 0 Å². The quantitative estimate of drug-likeness (QED) is 0.256. The molecule has 0 saturated carbocycles. The molecule has 0 bridgehead atoms. The smallest absolute Gasteiger partial charge is 0.228 e. The lowest BCUT2D eigenvalue weighted by Crippen LogP contribution is -2.54. The standard InChI is InChI=1S/C19H36N6O4S.HI/c1-6-20-19(21-8-7-17-22-18(15(2)3)23-29-17)24-9-11-25(12-10-24)30(26,27)14-13-28-16(4)5;/h15-16H,6-14H2,1-5H3,(H,20,21);1H. The molecule has 180 valence electrons. The van der Waals surface area contributed by atoms with E-state index in [1.165, 1.54) is 0 Å². The number of nitrogens with zero attached hydrogens (tertiary/aromatic N) is 5. The van der Waals surface area contributed by atoms with Crippen LogP contribution in [0.3, 0.4) is 0 Å². The minimum atomic E-state index is -3.30. The van der Waals surface area contributed by atoms with Crippen LogP contribution in [-0.2, 0) is 21.2 Å². The zero-order valence-corrected chi connectivity index (χ0v) is 22.4. The number of aliphatic imine (C=N–C) groups is 1. The highest BCUT2D eigenvalue weighted by molar-refractivity contribution is 14.0. The average Bonchev–Trinajstić information content (AvgIpc) is 3.16. The van der Waals surface area contributed by atoms with Crippen molar-refractivity contribution in [2.24, 2.45) is 4.99 Å². The summed E-state index contributed by atoms with van der Waals surface area (Å²) in [7, 11) is -3.30. The van der Waals surface area contributed by atoms with Gasteiger partial charge < -0.3 is 19.5 Å². The van der Waals surface area contributed by atoms with Crippen LogP contribution in [0.15, 0.2) is 9.52 Å². The summed E-state index contributed by atoms with van der Waals surface area (Å²) >= 11 is 0. The summed E-state index contributed by atoms with van der Waals surface area (Å²) in [6, 6.07) is 0. The summed E-state index contributed by atoms with van der Waals surface area (Å²) in [5.74, 6) is 2.31. The van der Waals surface area contributed by atoms with E-state index in [4.69, 9.17) is 9.26 Å². The van der Waals surface area contributed by atoms with E-state index in [-0.39, 0.29) is 48.4 Å². The van der Waals surface area contributed by atoms with Gasteiger partial charge in [0.1, 0.15) is 0 Å². The van der Waals surface area contributed by atoms with E-state index in [1.54, 1.807) is 4.31 Å². The molecule has 10 nitrogen and oxygen atoms in total. The molecule has 1 saturated heterocycles. The molecular weight excluding hydrogens is 535 g/mol.